The summed E-state index contributed by atoms with van der Waals surface area (Å²) in [5.74, 6) is 0. The zero-order chi connectivity index (χ0) is 40.5. The Morgan fingerprint density at radius 2 is 0.893 bits per heavy atom. The van der Waals surface area contributed by atoms with E-state index in [-0.39, 0.29) is 12.1 Å². The maximum atomic E-state index is 12.6. The van der Waals surface area contributed by atoms with Crippen molar-refractivity contribution in [2.45, 2.75) is 168 Å². The Bertz CT molecular complexity index is 1280. The van der Waals surface area contributed by atoms with Crippen molar-refractivity contribution in [3.63, 3.8) is 0 Å². The van der Waals surface area contributed by atoms with Crippen LogP contribution in [0.2, 0.25) is 0 Å². The Kier molecular flexibility index (Phi) is 28.0. The molecule has 2 aromatic rings. The lowest BCUT2D eigenvalue weighted by molar-refractivity contribution is 0.139. The van der Waals surface area contributed by atoms with Gasteiger partial charge in [0.05, 0.1) is 37.8 Å². The van der Waals surface area contributed by atoms with Gasteiger partial charge in [-0.15, -0.1) is 0 Å². The van der Waals surface area contributed by atoms with Crippen molar-refractivity contribution in [2.24, 2.45) is 0 Å². The molecular weight excluding hydrogens is 723 g/mol. The Morgan fingerprint density at radius 3 is 1.27 bits per heavy atom. The van der Waals surface area contributed by atoms with Crippen LogP contribution in [0, 0.1) is 0 Å². The summed E-state index contributed by atoms with van der Waals surface area (Å²) in [7, 11) is -2.88. The van der Waals surface area contributed by atoms with Crippen LogP contribution in [0.5, 0.6) is 0 Å². The molecule has 0 aliphatic rings. The summed E-state index contributed by atoms with van der Waals surface area (Å²) in [6.45, 7) is 9.29. The number of carbonyl (C=O) groups is 2. The molecule has 0 spiro atoms. The predicted molar refractivity (Wildman–Crippen MR) is 230 cm³/mol. The van der Waals surface area contributed by atoms with E-state index >= 15 is 0 Å². The molecule has 2 atom stereocenters. The zero-order valence-corrected chi connectivity index (χ0v) is 36.0. The highest BCUT2D eigenvalue weighted by molar-refractivity contribution is 7.33. The Labute approximate surface area is 339 Å². The first-order valence-electron chi connectivity index (χ1n) is 21.6. The third-order valence-corrected chi connectivity index (χ3v) is 10.4. The molecule has 10 heteroatoms. The molecule has 9 nitrogen and oxygen atoms in total. The molecule has 0 aliphatic carbocycles. The molecule has 314 valence electrons. The van der Waals surface area contributed by atoms with Crippen molar-refractivity contribution in [1.82, 2.24) is 10.6 Å². The lowest BCUT2D eigenvalue weighted by Gasteiger charge is -2.18. The number of benzene rings is 2. The van der Waals surface area contributed by atoms with E-state index < -0.39 is 20.4 Å². The van der Waals surface area contributed by atoms with E-state index in [1.54, 1.807) is 12.2 Å². The number of hydrogen-bond acceptors (Lipinski definition) is 7. The van der Waals surface area contributed by atoms with Gasteiger partial charge in [-0.1, -0.05) is 153 Å². The molecule has 0 saturated carbocycles. The third kappa shape index (κ3) is 23.4. The van der Waals surface area contributed by atoms with Gasteiger partial charge in [0, 0.05) is 0 Å². The average Bonchev–Trinajstić information content (AvgIpc) is 3.20. The van der Waals surface area contributed by atoms with E-state index in [4.69, 9.17) is 18.5 Å². The summed E-state index contributed by atoms with van der Waals surface area (Å²) in [5.41, 5.74) is 4.46. The van der Waals surface area contributed by atoms with Crippen LogP contribution in [-0.4, -0.2) is 25.4 Å². The molecule has 0 aliphatic heterocycles. The van der Waals surface area contributed by atoms with Gasteiger partial charge >= 0.3 is 20.4 Å². The SMILES string of the molecule is CCCCCCCCc1ccc(C(CC=CO[PH](=O)OC=CCC(NC(=O)OCCCC)c2ccc(CCCCCCCC)cc2)NC(=O)OCCCC)cc1. The van der Waals surface area contributed by atoms with Gasteiger partial charge in [0.2, 0.25) is 0 Å². The highest BCUT2D eigenvalue weighted by atomic mass is 31.1. The minimum absolute atomic E-state index is 0.349. The topological polar surface area (TPSA) is 112 Å². The monoisotopic (exact) mass is 797 g/mol. The van der Waals surface area contributed by atoms with Gasteiger partial charge in [0.15, 0.2) is 0 Å². The number of unbranched alkanes of at least 4 members (excludes halogenated alkanes) is 12. The molecule has 0 aromatic heterocycles. The fourth-order valence-corrected chi connectivity index (χ4v) is 6.68. The number of amides is 2. The largest absolute Gasteiger partial charge is 0.450 e. The van der Waals surface area contributed by atoms with Crippen molar-refractivity contribution in [3.8, 4) is 0 Å². The first-order valence-corrected chi connectivity index (χ1v) is 22.8. The minimum Gasteiger partial charge on any atom is -0.450 e. The summed E-state index contributed by atoms with van der Waals surface area (Å²) >= 11 is 0. The van der Waals surface area contributed by atoms with Crippen LogP contribution >= 0.6 is 8.25 Å². The van der Waals surface area contributed by atoms with Gasteiger partial charge in [-0.2, -0.15) is 0 Å². The molecule has 2 amide bonds. The number of carbonyl (C=O) groups excluding carboxylic acids is 2. The maximum absolute atomic E-state index is 12.6. The Balaban J connectivity index is 1.93. The first-order chi connectivity index (χ1) is 27.4. The molecule has 2 rings (SSSR count). The van der Waals surface area contributed by atoms with E-state index in [0.29, 0.717) is 26.1 Å². The molecule has 0 heterocycles. The van der Waals surface area contributed by atoms with Gasteiger partial charge in [0.1, 0.15) is 0 Å². The summed E-state index contributed by atoms with van der Waals surface area (Å²) in [5, 5.41) is 5.93. The van der Waals surface area contributed by atoms with Crippen molar-refractivity contribution in [2.75, 3.05) is 13.2 Å². The van der Waals surface area contributed by atoms with Crippen molar-refractivity contribution < 1.29 is 32.7 Å². The van der Waals surface area contributed by atoms with Crippen LogP contribution in [-0.2, 0) is 35.9 Å². The number of rotatable bonds is 32. The van der Waals surface area contributed by atoms with Crippen molar-refractivity contribution in [1.29, 1.82) is 0 Å². The second-order valence-electron chi connectivity index (χ2n) is 14.6. The molecule has 0 fully saturated rings. The van der Waals surface area contributed by atoms with Gasteiger partial charge in [-0.3, -0.25) is 0 Å². The predicted octanol–water partition coefficient (Wildman–Crippen LogP) is 13.6. The zero-order valence-electron chi connectivity index (χ0n) is 35.0. The van der Waals surface area contributed by atoms with Crippen molar-refractivity contribution >= 4 is 20.4 Å². The number of alkyl carbamates (subject to hydrolysis) is 2. The Hall–Kier alpha value is -3.71. The maximum Gasteiger partial charge on any atom is 0.417 e. The highest BCUT2D eigenvalue weighted by Gasteiger charge is 2.16. The van der Waals surface area contributed by atoms with E-state index in [1.807, 2.05) is 38.1 Å². The minimum atomic E-state index is -2.88. The third-order valence-electron chi connectivity index (χ3n) is 9.71. The number of ether oxygens (including phenoxy) is 2. The lowest BCUT2D eigenvalue weighted by Crippen LogP contribution is -2.29. The van der Waals surface area contributed by atoms with Crippen LogP contribution in [0.4, 0.5) is 9.59 Å². The molecule has 0 bridgehead atoms. The molecule has 2 unspecified atom stereocenters. The first kappa shape index (κ1) is 48.4. The summed E-state index contributed by atoms with van der Waals surface area (Å²) < 4.78 is 34.0. The molecule has 0 saturated heterocycles. The van der Waals surface area contributed by atoms with Crippen LogP contribution < -0.4 is 10.6 Å². The van der Waals surface area contributed by atoms with Crippen LogP contribution in [0.25, 0.3) is 0 Å². The normalized spacial score (nSPS) is 13.0. The number of aryl methyl sites for hydroxylation is 2. The summed E-state index contributed by atoms with van der Waals surface area (Å²) in [4.78, 5) is 25.1. The van der Waals surface area contributed by atoms with Gasteiger partial charge in [-0.05, 0) is 85.8 Å². The number of nitrogens with one attached hydrogen (secondary N) is 2. The van der Waals surface area contributed by atoms with Crippen LogP contribution in [0.1, 0.15) is 178 Å². The van der Waals surface area contributed by atoms with Crippen LogP contribution in [0.15, 0.2) is 73.2 Å². The molecule has 56 heavy (non-hydrogen) atoms. The molecular formula is C46H73N2O7P. The summed E-state index contributed by atoms with van der Waals surface area (Å²) in [6, 6.07) is 16.0. The quantitative estimate of drug-likeness (QED) is 0.0431. The molecule has 0 radical (unpaired) electrons. The Morgan fingerprint density at radius 1 is 0.536 bits per heavy atom. The smallest absolute Gasteiger partial charge is 0.417 e. The van der Waals surface area contributed by atoms with Gasteiger partial charge in [0.25, 0.3) is 0 Å². The second-order valence-corrected chi connectivity index (χ2v) is 15.6. The number of hydrogen-bond donors (Lipinski definition) is 2. The van der Waals surface area contributed by atoms with Crippen molar-refractivity contribution in [3.05, 3.63) is 95.5 Å². The van der Waals surface area contributed by atoms with E-state index in [2.05, 4.69) is 48.7 Å². The average molecular weight is 797 g/mol. The fraction of sp³-hybridized carbons (Fsp3) is 0.609. The van der Waals surface area contributed by atoms with E-state index in [9.17, 15) is 14.2 Å². The standard InChI is InChI=1S/C46H73N2O7P/c1-5-9-13-15-17-19-23-39-27-31-41(32-28-39)43(47-45(49)52-35-11-7-3)25-21-37-54-56(51)55-38-22-26-44(48-46(50)53-36-12-8-4)42-33-29-40(30-34-42)24-20-18-16-14-10-6-2/h21-22,27-34,37-38,43-44,56H,5-20,23-26,35-36H2,1-4H3,(H,47,49)(H,48,50). The lowest BCUT2D eigenvalue weighted by atomic mass is 9.99. The highest BCUT2D eigenvalue weighted by Crippen LogP contribution is 2.27. The van der Waals surface area contributed by atoms with E-state index in [0.717, 1.165) is 49.7 Å². The summed E-state index contributed by atoms with van der Waals surface area (Å²) in [6.07, 6.45) is 26.7. The van der Waals surface area contributed by atoms with Gasteiger partial charge < -0.3 is 29.2 Å². The van der Waals surface area contributed by atoms with Gasteiger partial charge in [-0.25, -0.2) is 14.2 Å². The molecule has 2 aromatic carbocycles. The fourth-order valence-electron chi connectivity index (χ4n) is 6.21. The van der Waals surface area contributed by atoms with E-state index in [1.165, 1.54) is 101 Å². The second kappa shape index (κ2) is 32.4. The van der Waals surface area contributed by atoms with Crippen LogP contribution in [0.3, 0.4) is 0 Å². The molecule has 2 N–H and O–H groups in total.